The number of carbonyl (C=O) groups is 1. The zero-order valence-electron chi connectivity index (χ0n) is 17.3. The Morgan fingerprint density at radius 1 is 1.07 bits per heavy atom. The van der Waals surface area contributed by atoms with Gasteiger partial charge in [-0.05, 0) is 41.3 Å². The Morgan fingerprint density at radius 2 is 1.77 bits per heavy atom. The number of aliphatic hydroxyl groups is 4. The maximum Gasteiger partial charge on any atom is 0.251 e. The Kier molecular flexibility index (Phi) is 6.90. The van der Waals surface area contributed by atoms with Crippen LogP contribution in [0.4, 0.5) is 0 Å². The molecule has 7 heteroatoms. The van der Waals surface area contributed by atoms with Crippen molar-refractivity contribution < 1.29 is 30.0 Å². The quantitative estimate of drug-likeness (QED) is 0.497. The molecular weight excluding hydrogens is 386 g/mol. The second-order valence-corrected chi connectivity index (χ2v) is 7.81. The van der Waals surface area contributed by atoms with Gasteiger partial charge in [-0.15, -0.1) is 0 Å². The number of carbonyl (C=O) groups excluding carboxylic acids is 1. The molecule has 6 atom stereocenters. The van der Waals surface area contributed by atoms with Crippen molar-refractivity contribution in [3.05, 3.63) is 59.2 Å². The first-order valence-corrected chi connectivity index (χ1v) is 10.0. The molecule has 1 amide bonds. The van der Waals surface area contributed by atoms with Crippen LogP contribution in [0.3, 0.4) is 0 Å². The molecule has 2 aromatic rings. The molecule has 0 bridgehead atoms. The topological polar surface area (TPSA) is 119 Å². The molecule has 1 saturated heterocycles. The van der Waals surface area contributed by atoms with Crippen LogP contribution < -0.4 is 5.32 Å². The van der Waals surface area contributed by atoms with Crippen LogP contribution in [0.2, 0.25) is 0 Å². The Labute approximate surface area is 175 Å². The summed E-state index contributed by atoms with van der Waals surface area (Å²) in [6.45, 7) is 3.37. The summed E-state index contributed by atoms with van der Waals surface area (Å²) >= 11 is 0. The Balaban J connectivity index is 1.87. The predicted molar refractivity (Wildman–Crippen MR) is 112 cm³/mol. The zero-order chi connectivity index (χ0) is 22.0. The molecule has 0 radical (unpaired) electrons. The summed E-state index contributed by atoms with van der Waals surface area (Å²) in [6.07, 6.45) is -5.74. The minimum atomic E-state index is -1.39. The van der Waals surface area contributed by atoms with Gasteiger partial charge in [0, 0.05) is 18.5 Å². The molecule has 0 spiro atoms. The first kappa shape index (κ1) is 22.4. The highest BCUT2D eigenvalue weighted by atomic mass is 16.5. The van der Waals surface area contributed by atoms with Gasteiger partial charge in [0.1, 0.15) is 24.4 Å². The molecule has 5 N–H and O–H groups in total. The molecular formula is C23H29NO6. The lowest BCUT2D eigenvalue weighted by Crippen LogP contribution is -2.59. The molecule has 0 aliphatic carbocycles. The molecule has 1 heterocycles. The molecule has 0 saturated carbocycles. The lowest BCUT2D eigenvalue weighted by atomic mass is 9.83. The summed E-state index contributed by atoms with van der Waals surface area (Å²) in [5.41, 5.74) is 4.31. The van der Waals surface area contributed by atoms with Crippen molar-refractivity contribution in [3.8, 4) is 11.1 Å². The fraction of sp³-hybridized carbons (Fsp3) is 0.435. The Morgan fingerprint density at radius 3 is 2.40 bits per heavy atom. The van der Waals surface area contributed by atoms with Crippen molar-refractivity contribution in [2.24, 2.45) is 0 Å². The van der Waals surface area contributed by atoms with Gasteiger partial charge in [0.05, 0.1) is 12.7 Å². The maximum atomic E-state index is 11.9. The Bertz CT molecular complexity index is 899. The van der Waals surface area contributed by atoms with E-state index >= 15 is 0 Å². The average Bonchev–Trinajstić information content (AvgIpc) is 2.76. The van der Waals surface area contributed by atoms with Gasteiger partial charge in [0.15, 0.2) is 0 Å². The van der Waals surface area contributed by atoms with E-state index in [-0.39, 0.29) is 11.8 Å². The maximum absolute atomic E-state index is 11.9. The minimum Gasteiger partial charge on any atom is -0.394 e. The molecule has 3 rings (SSSR count). The third kappa shape index (κ3) is 4.26. The van der Waals surface area contributed by atoms with Crippen LogP contribution in [-0.4, -0.2) is 70.5 Å². The van der Waals surface area contributed by atoms with Crippen LogP contribution in [-0.2, 0) is 4.74 Å². The summed E-state index contributed by atoms with van der Waals surface area (Å²) in [5.74, 6) is -0.441. The van der Waals surface area contributed by atoms with Crippen LogP contribution in [0.1, 0.15) is 34.3 Å². The number of ether oxygens (including phenoxy) is 1. The highest BCUT2D eigenvalue weighted by molar-refractivity contribution is 5.95. The lowest BCUT2D eigenvalue weighted by Gasteiger charge is -2.42. The summed E-state index contributed by atoms with van der Waals surface area (Å²) in [6, 6.07) is 13.2. The summed E-state index contributed by atoms with van der Waals surface area (Å²) < 4.78 is 5.72. The summed E-state index contributed by atoms with van der Waals surface area (Å²) in [4.78, 5) is 11.9. The van der Waals surface area contributed by atoms with E-state index in [1.165, 1.54) is 0 Å². The third-order valence-electron chi connectivity index (χ3n) is 5.87. The smallest absolute Gasteiger partial charge is 0.251 e. The molecule has 1 aliphatic heterocycles. The predicted octanol–water partition coefficient (Wildman–Crippen LogP) is 0.968. The number of hydrogen-bond donors (Lipinski definition) is 5. The SMILES string of the molecule is CNC(=O)c1cccc(-c2ccc([C@@H](C)[C@H]3OC(CO)[C@@H](O)[C@H](O)C3O)c(C)c2)c1. The molecule has 2 aromatic carbocycles. The lowest BCUT2D eigenvalue weighted by molar-refractivity contribution is -0.233. The molecule has 30 heavy (non-hydrogen) atoms. The second kappa shape index (κ2) is 9.24. The summed E-state index contributed by atoms with van der Waals surface area (Å²) in [7, 11) is 1.59. The van der Waals surface area contributed by atoms with Gasteiger partial charge in [-0.2, -0.15) is 0 Å². The van der Waals surface area contributed by atoms with Gasteiger partial charge >= 0.3 is 0 Å². The van der Waals surface area contributed by atoms with Crippen LogP contribution in [0.15, 0.2) is 42.5 Å². The minimum absolute atomic E-state index is 0.151. The van der Waals surface area contributed by atoms with Gasteiger partial charge in [-0.25, -0.2) is 0 Å². The van der Waals surface area contributed by atoms with Crippen molar-refractivity contribution in [3.63, 3.8) is 0 Å². The molecule has 2 unspecified atom stereocenters. The molecule has 1 aliphatic rings. The average molecular weight is 415 g/mol. The van der Waals surface area contributed by atoms with Crippen LogP contribution in [0, 0.1) is 6.92 Å². The first-order valence-electron chi connectivity index (χ1n) is 10.0. The van der Waals surface area contributed by atoms with Gasteiger partial charge in [-0.1, -0.05) is 37.3 Å². The third-order valence-corrected chi connectivity index (χ3v) is 5.87. The normalized spacial score (nSPS) is 27.5. The fourth-order valence-corrected chi connectivity index (χ4v) is 4.07. The summed E-state index contributed by atoms with van der Waals surface area (Å²) in [5, 5.41) is 42.6. The van der Waals surface area contributed by atoms with Gasteiger partial charge in [0.2, 0.25) is 0 Å². The van der Waals surface area contributed by atoms with E-state index in [2.05, 4.69) is 5.32 Å². The highest BCUT2D eigenvalue weighted by Crippen LogP contribution is 2.34. The van der Waals surface area contributed by atoms with Crippen molar-refractivity contribution >= 4 is 5.91 Å². The first-order chi connectivity index (χ1) is 14.3. The fourth-order valence-electron chi connectivity index (χ4n) is 4.07. The number of nitrogens with one attached hydrogen (secondary N) is 1. The monoisotopic (exact) mass is 415 g/mol. The van der Waals surface area contributed by atoms with E-state index in [0.717, 1.165) is 22.3 Å². The van der Waals surface area contributed by atoms with Crippen LogP contribution in [0.25, 0.3) is 11.1 Å². The van der Waals surface area contributed by atoms with E-state index < -0.39 is 37.1 Å². The van der Waals surface area contributed by atoms with E-state index in [4.69, 9.17) is 4.74 Å². The van der Waals surface area contributed by atoms with Crippen molar-refractivity contribution in [1.82, 2.24) is 5.32 Å². The zero-order valence-corrected chi connectivity index (χ0v) is 17.3. The van der Waals surface area contributed by atoms with Gasteiger partial charge < -0.3 is 30.5 Å². The van der Waals surface area contributed by atoms with E-state index in [0.29, 0.717) is 5.56 Å². The standard InChI is InChI=1S/C23H29NO6/c1-12-9-15(14-5-4-6-16(10-14)23(29)24-3)7-8-17(12)13(2)22-21(28)20(27)19(26)18(11-25)30-22/h4-10,13,18-22,25-28H,11H2,1-3H3,(H,24,29)/t13-,18?,19-,20+,21?,22-/m1/s1. The van der Waals surface area contributed by atoms with Crippen LogP contribution >= 0.6 is 0 Å². The molecule has 162 valence electrons. The molecule has 1 fully saturated rings. The highest BCUT2D eigenvalue weighted by Gasteiger charge is 2.45. The largest absolute Gasteiger partial charge is 0.394 e. The van der Waals surface area contributed by atoms with Crippen molar-refractivity contribution in [2.75, 3.05) is 13.7 Å². The van der Waals surface area contributed by atoms with Gasteiger partial charge in [0.25, 0.3) is 5.91 Å². The van der Waals surface area contributed by atoms with Crippen molar-refractivity contribution in [1.29, 1.82) is 0 Å². The number of aliphatic hydroxyl groups excluding tert-OH is 4. The number of benzene rings is 2. The molecule has 7 nitrogen and oxygen atoms in total. The number of rotatable bonds is 5. The van der Waals surface area contributed by atoms with E-state index in [1.54, 1.807) is 13.1 Å². The van der Waals surface area contributed by atoms with E-state index in [1.807, 2.05) is 50.2 Å². The Hall–Kier alpha value is -2.29. The number of amides is 1. The van der Waals surface area contributed by atoms with Crippen molar-refractivity contribution in [2.45, 2.75) is 50.3 Å². The number of hydrogen-bond acceptors (Lipinski definition) is 6. The molecule has 0 aromatic heterocycles. The van der Waals surface area contributed by atoms with Gasteiger partial charge in [-0.3, -0.25) is 4.79 Å². The number of aryl methyl sites for hydroxylation is 1. The van der Waals surface area contributed by atoms with Crippen LogP contribution in [0.5, 0.6) is 0 Å². The second-order valence-electron chi connectivity index (χ2n) is 7.81. The van der Waals surface area contributed by atoms with E-state index in [9.17, 15) is 25.2 Å².